The Morgan fingerprint density at radius 3 is 2.24 bits per heavy atom. The molecule has 0 saturated heterocycles. The molecule has 0 atom stereocenters. The molecule has 2 fully saturated rings. The van der Waals surface area contributed by atoms with Crippen molar-refractivity contribution in [2.45, 2.75) is 76.8 Å². The van der Waals surface area contributed by atoms with E-state index in [0.29, 0.717) is 6.04 Å². The summed E-state index contributed by atoms with van der Waals surface area (Å²) in [6, 6.07) is 1.32. The molecule has 2 rings (SSSR count). The van der Waals surface area contributed by atoms with Gasteiger partial charge in [0.25, 0.3) is 0 Å². The molecule has 0 heterocycles. The third-order valence-electron chi connectivity index (χ3n) is 4.96. The largest absolute Gasteiger partial charge is 0.328 e. The number of hydrogen-bond donors (Lipinski definition) is 1. The predicted molar refractivity (Wildman–Crippen MR) is 74.1 cm³/mol. The topological polar surface area (TPSA) is 29.3 Å². The van der Waals surface area contributed by atoms with Crippen molar-refractivity contribution in [3.63, 3.8) is 0 Å². The summed E-state index contributed by atoms with van der Waals surface area (Å²) in [6.45, 7) is 4.89. The molecule has 2 aliphatic carbocycles. The van der Waals surface area contributed by atoms with E-state index in [4.69, 9.17) is 5.73 Å². The molecule has 17 heavy (non-hydrogen) atoms. The summed E-state index contributed by atoms with van der Waals surface area (Å²) in [4.78, 5) is 2.73. The molecule has 2 heteroatoms. The summed E-state index contributed by atoms with van der Waals surface area (Å²) in [7, 11) is 0. The molecule has 0 unspecified atom stereocenters. The van der Waals surface area contributed by atoms with Gasteiger partial charge in [0.15, 0.2) is 0 Å². The van der Waals surface area contributed by atoms with Gasteiger partial charge in [-0.25, -0.2) is 0 Å². The van der Waals surface area contributed by atoms with E-state index in [0.717, 1.165) is 12.0 Å². The molecule has 2 N–H and O–H groups in total. The van der Waals surface area contributed by atoms with E-state index >= 15 is 0 Å². The first-order chi connectivity index (χ1) is 8.29. The average molecular weight is 238 g/mol. The Bertz CT molecular complexity index is 203. The van der Waals surface area contributed by atoms with Crippen molar-refractivity contribution in [2.24, 2.45) is 11.7 Å². The highest BCUT2D eigenvalue weighted by molar-refractivity contribution is 4.81. The molecule has 0 aromatic carbocycles. The molecule has 0 radical (unpaired) electrons. The maximum Gasteiger partial charge on any atom is 0.00962 e. The van der Waals surface area contributed by atoms with Crippen LogP contribution in [0.4, 0.5) is 0 Å². The Morgan fingerprint density at radius 1 is 1.00 bits per heavy atom. The summed E-state index contributed by atoms with van der Waals surface area (Å²) in [6.07, 6.45) is 12.5. The minimum Gasteiger partial charge on any atom is -0.328 e. The minimum atomic E-state index is 0.486. The number of rotatable bonds is 5. The summed E-state index contributed by atoms with van der Waals surface area (Å²) >= 11 is 0. The zero-order valence-corrected chi connectivity index (χ0v) is 11.5. The molecule has 0 amide bonds. The van der Waals surface area contributed by atoms with Crippen LogP contribution in [-0.4, -0.2) is 30.1 Å². The lowest BCUT2D eigenvalue weighted by molar-refractivity contribution is 0.147. The van der Waals surface area contributed by atoms with E-state index < -0.39 is 0 Å². The third-order valence-corrected chi connectivity index (χ3v) is 4.96. The van der Waals surface area contributed by atoms with Crippen LogP contribution >= 0.6 is 0 Å². The van der Waals surface area contributed by atoms with Crippen LogP contribution in [0.3, 0.4) is 0 Å². The van der Waals surface area contributed by atoms with Gasteiger partial charge < -0.3 is 10.6 Å². The molecule has 0 aromatic rings. The lowest BCUT2D eigenvalue weighted by Gasteiger charge is -2.36. The molecule has 2 nitrogen and oxygen atoms in total. The predicted octanol–water partition coefficient (Wildman–Crippen LogP) is 3.16. The Kier molecular flexibility index (Phi) is 5.30. The van der Waals surface area contributed by atoms with Crippen molar-refractivity contribution in [3.8, 4) is 0 Å². The Morgan fingerprint density at radius 2 is 1.65 bits per heavy atom. The molecule has 0 aliphatic heterocycles. The fourth-order valence-electron chi connectivity index (χ4n) is 3.71. The second-order valence-corrected chi connectivity index (χ2v) is 6.14. The van der Waals surface area contributed by atoms with E-state index in [1.807, 2.05) is 0 Å². The first-order valence-corrected chi connectivity index (χ1v) is 7.79. The molecular weight excluding hydrogens is 208 g/mol. The maximum atomic E-state index is 5.99. The van der Waals surface area contributed by atoms with E-state index in [1.165, 1.54) is 70.9 Å². The molecular formula is C15H30N2. The summed E-state index contributed by atoms with van der Waals surface area (Å²) in [5, 5.41) is 0. The second-order valence-electron chi connectivity index (χ2n) is 6.14. The van der Waals surface area contributed by atoms with Crippen molar-refractivity contribution in [1.82, 2.24) is 4.90 Å². The molecule has 0 bridgehead atoms. The number of nitrogens with two attached hydrogens (primary N) is 1. The number of hydrogen-bond acceptors (Lipinski definition) is 2. The van der Waals surface area contributed by atoms with Crippen LogP contribution in [0.25, 0.3) is 0 Å². The molecule has 0 spiro atoms. The van der Waals surface area contributed by atoms with E-state index in [-0.39, 0.29) is 0 Å². The standard InChI is InChI=1S/C15H30N2/c1-2-17(12-11-13-5-3-4-6-13)15-9-7-14(16)8-10-15/h13-15H,2-12,16H2,1H3. The van der Waals surface area contributed by atoms with E-state index in [2.05, 4.69) is 11.8 Å². The van der Waals surface area contributed by atoms with Crippen molar-refractivity contribution >= 4 is 0 Å². The van der Waals surface area contributed by atoms with E-state index in [9.17, 15) is 0 Å². The third kappa shape index (κ3) is 3.96. The lowest BCUT2D eigenvalue weighted by atomic mass is 9.90. The van der Waals surface area contributed by atoms with Crippen LogP contribution < -0.4 is 5.73 Å². The van der Waals surface area contributed by atoms with Gasteiger partial charge in [-0.1, -0.05) is 32.6 Å². The maximum absolute atomic E-state index is 5.99. The Hall–Kier alpha value is -0.0800. The highest BCUT2D eigenvalue weighted by Gasteiger charge is 2.24. The molecule has 0 aromatic heterocycles. The zero-order valence-electron chi connectivity index (χ0n) is 11.5. The fourth-order valence-corrected chi connectivity index (χ4v) is 3.71. The van der Waals surface area contributed by atoms with Gasteiger partial charge in [-0.3, -0.25) is 0 Å². The number of nitrogens with zero attached hydrogens (tertiary/aromatic N) is 1. The van der Waals surface area contributed by atoms with Crippen molar-refractivity contribution < 1.29 is 0 Å². The summed E-state index contributed by atoms with van der Waals surface area (Å²) in [5.74, 6) is 1.04. The summed E-state index contributed by atoms with van der Waals surface area (Å²) in [5.41, 5.74) is 5.99. The van der Waals surface area contributed by atoms with Crippen molar-refractivity contribution in [3.05, 3.63) is 0 Å². The first-order valence-electron chi connectivity index (χ1n) is 7.79. The quantitative estimate of drug-likeness (QED) is 0.797. The molecule has 2 saturated carbocycles. The minimum absolute atomic E-state index is 0.486. The second kappa shape index (κ2) is 6.75. The van der Waals surface area contributed by atoms with Crippen LogP contribution in [0.5, 0.6) is 0 Å². The van der Waals surface area contributed by atoms with Gasteiger partial charge in [0.05, 0.1) is 0 Å². The highest BCUT2D eigenvalue weighted by Crippen LogP contribution is 2.29. The van der Waals surface area contributed by atoms with Crippen LogP contribution in [-0.2, 0) is 0 Å². The van der Waals surface area contributed by atoms with Gasteiger partial charge in [-0.05, 0) is 51.1 Å². The van der Waals surface area contributed by atoms with E-state index in [1.54, 1.807) is 0 Å². The Labute approximate surface area is 107 Å². The van der Waals surface area contributed by atoms with Gasteiger partial charge >= 0.3 is 0 Å². The van der Waals surface area contributed by atoms with Crippen molar-refractivity contribution in [2.75, 3.05) is 13.1 Å². The van der Waals surface area contributed by atoms with Crippen LogP contribution in [0, 0.1) is 5.92 Å². The average Bonchev–Trinajstić information content (AvgIpc) is 2.85. The zero-order chi connectivity index (χ0) is 12.1. The van der Waals surface area contributed by atoms with Crippen LogP contribution in [0.2, 0.25) is 0 Å². The fraction of sp³-hybridized carbons (Fsp3) is 1.00. The van der Waals surface area contributed by atoms with Gasteiger partial charge in [-0.15, -0.1) is 0 Å². The highest BCUT2D eigenvalue weighted by atomic mass is 15.1. The lowest BCUT2D eigenvalue weighted by Crippen LogP contribution is -2.41. The Balaban J connectivity index is 1.71. The summed E-state index contributed by atoms with van der Waals surface area (Å²) < 4.78 is 0. The van der Waals surface area contributed by atoms with Gasteiger partial charge in [-0.2, -0.15) is 0 Å². The normalized spacial score (nSPS) is 31.2. The van der Waals surface area contributed by atoms with Crippen LogP contribution in [0.1, 0.15) is 64.7 Å². The molecule has 2 aliphatic rings. The van der Waals surface area contributed by atoms with Gasteiger partial charge in [0, 0.05) is 12.1 Å². The van der Waals surface area contributed by atoms with Gasteiger partial charge in [0.1, 0.15) is 0 Å². The monoisotopic (exact) mass is 238 g/mol. The SMILES string of the molecule is CCN(CCC1CCCC1)C1CCC(N)CC1. The van der Waals surface area contributed by atoms with Gasteiger partial charge in [0.2, 0.25) is 0 Å². The smallest absolute Gasteiger partial charge is 0.00962 e. The van der Waals surface area contributed by atoms with Crippen molar-refractivity contribution in [1.29, 1.82) is 0 Å². The molecule has 100 valence electrons. The van der Waals surface area contributed by atoms with Crippen LogP contribution in [0.15, 0.2) is 0 Å². The first kappa shape index (κ1) is 13.4.